The third-order valence-corrected chi connectivity index (χ3v) is 3.55. The predicted octanol–water partition coefficient (Wildman–Crippen LogP) is 2.67. The number of halogens is 1. The molecule has 1 fully saturated rings. The van der Waals surface area contributed by atoms with Crippen molar-refractivity contribution in [3.63, 3.8) is 0 Å². The Hall–Kier alpha value is -1.88. The molecule has 1 saturated heterocycles. The normalized spacial score (nSPS) is 14.2. The van der Waals surface area contributed by atoms with Crippen LogP contribution in [0.1, 0.15) is 23.7 Å². The van der Waals surface area contributed by atoms with Gasteiger partial charge in [0.2, 0.25) is 0 Å². The van der Waals surface area contributed by atoms with E-state index in [-0.39, 0.29) is 5.97 Å². The Kier molecular flexibility index (Phi) is 3.44. The van der Waals surface area contributed by atoms with Gasteiger partial charge in [0.25, 0.3) is 0 Å². The van der Waals surface area contributed by atoms with Gasteiger partial charge in [-0.15, -0.1) is 0 Å². The summed E-state index contributed by atoms with van der Waals surface area (Å²) in [6, 6.07) is 3.51. The number of nitrogens with zero attached hydrogens (tertiary/aromatic N) is 3. The fourth-order valence-electron chi connectivity index (χ4n) is 2.10. The van der Waals surface area contributed by atoms with Crippen molar-refractivity contribution in [2.45, 2.75) is 13.3 Å². The number of ether oxygens (including phenoxy) is 1. The van der Waals surface area contributed by atoms with Gasteiger partial charge in [0, 0.05) is 24.7 Å². The fourth-order valence-corrected chi connectivity index (χ4v) is 2.38. The third-order valence-electron chi connectivity index (χ3n) is 3.27. The number of anilines is 1. The average Bonchev–Trinajstić information content (AvgIpc) is 2.37. The smallest absolute Gasteiger partial charge is 0.339 e. The highest BCUT2D eigenvalue weighted by atomic mass is 35.5. The molecule has 2 aromatic heterocycles. The molecular weight excluding hydrogens is 278 g/mol. The van der Waals surface area contributed by atoms with Gasteiger partial charge in [-0.3, -0.25) is 0 Å². The Morgan fingerprint density at radius 2 is 2.25 bits per heavy atom. The molecule has 0 bridgehead atoms. The summed E-state index contributed by atoms with van der Waals surface area (Å²) in [7, 11) is 0. The van der Waals surface area contributed by atoms with E-state index in [4.69, 9.17) is 16.3 Å². The molecule has 3 heterocycles. The SMILES string of the molecule is CCOC(=O)c1cnc2nc(N3CCC3)c(Cl)cc2c1. The van der Waals surface area contributed by atoms with E-state index in [9.17, 15) is 4.79 Å². The van der Waals surface area contributed by atoms with Crippen LogP contribution in [0, 0.1) is 0 Å². The molecule has 0 aromatic carbocycles. The van der Waals surface area contributed by atoms with Crippen molar-refractivity contribution in [3.05, 3.63) is 28.9 Å². The minimum atomic E-state index is -0.384. The van der Waals surface area contributed by atoms with Crippen LogP contribution in [0.5, 0.6) is 0 Å². The van der Waals surface area contributed by atoms with Crippen LogP contribution >= 0.6 is 11.6 Å². The summed E-state index contributed by atoms with van der Waals surface area (Å²) < 4.78 is 4.96. The molecular formula is C14H14ClN3O2. The van der Waals surface area contributed by atoms with Crippen LogP contribution in [0.2, 0.25) is 5.02 Å². The van der Waals surface area contributed by atoms with Crippen molar-refractivity contribution < 1.29 is 9.53 Å². The lowest BCUT2D eigenvalue weighted by molar-refractivity contribution is 0.0526. The summed E-state index contributed by atoms with van der Waals surface area (Å²) in [6.07, 6.45) is 2.65. The number of hydrogen-bond donors (Lipinski definition) is 0. The van der Waals surface area contributed by atoms with Crippen LogP contribution in [0.25, 0.3) is 11.0 Å². The van der Waals surface area contributed by atoms with E-state index in [1.807, 2.05) is 0 Å². The number of hydrogen-bond acceptors (Lipinski definition) is 5. The summed E-state index contributed by atoms with van der Waals surface area (Å²) in [5, 5.41) is 1.32. The van der Waals surface area contributed by atoms with Crippen molar-refractivity contribution in [2.24, 2.45) is 0 Å². The van der Waals surface area contributed by atoms with E-state index in [0.29, 0.717) is 22.8 Å². The molecule has 0 saturated carbocycles. The lowest BCUT2D eigenvalue weighted by Crippen LogP contribution is -2.37. The Morgan fingerprint density at radius 3 is 2.90 bits per heavy atom. The number of carbonyl (C=O) groups excluding carboxylic acids is 1. The Bertz CT molecular complexity index is 671. The summed E-state index contributed by atoms with van der Waals surface area (Å²) in [5.74, 6) is 0.381. The summed E-state index contributed by atoms with van der Waals surface area (Å²) in [5.41, 5.74) is 0.998. The van der Waals surface area contributed by atoms with E-state index < -0.39 is 0 Å². The van der Waals surface area contributed by atoms with Gasteiger partial charge in [-0.1, -0.05) is 11.6 Å². The maximum Gasteiger partial charge on any atom is 0.339 e. The molecule has 0 amide bonds. The molecule has 0 aliphatic carbocycles. The topological polar surface area (TPSA) is 55.3 Å². The standard InChI is InChI=1S/C14H14ClN3O2/c1-2-20-14(19)10-6-9-7-11(15)13(18-4-3-5-18)17-12(9)16-8-10/h6-8H,2-5H2,1H3. The lowest BCUT2D eigenvalue weighted by atomic mass is 10.2. The van der Waals surface area contributed by atoms with E-state index >= 15 is 0 Å². The maximum atomic E-state index is 11.7. The first kappa shape index (κ1) is 13.1. The number of rotatable bonds is 3. The first-order chi connectivity index (χ1) is 9.69. The number of aromatic nitrogens is 2. The monoisotopic (exact) mass is 291 g/mol. The molecule has 1 aliphatic rings. The quantitative estimate of drug-likeness (QED) is 0.814. The number of pyridine rings is 2. The molecule has 104 valence electrons. The van der Waals surface area contributed by atoms with E-state index in [1.54, 1.807) is 19.1 Å². The van der Waals surface area contributed by atoms with Gasteiger partial charge in [-0.2, -0.15) is 0 Å². The summed E-state index contributed by atoms with van der Waals surface area (Å²) >= 11 is 6.26. The minimum Gasteiger partial charge on any atom is -0.462 e. The third kappa shape index (κ3) is 2.29. The highest BCUT2D eigenvalue weighted by Crippen LogP contribution is 2.30. The Balaban J connectivity index is 2.00. The van der Waals surface area contributed by atoms with Gasteiger partial charge in [0.15, 0.2) is 5.65 Å². The van der Waals surface area contributed by atoms with Gasteiger partial charge in [-0.25, -0.2) is 14.8 Å². The number of carbonyl (C=O) groups is 1. The van der Waals surface area contributed by atoms with Gasteiger partial charge in [-0.05, 0) is 25.5 Å². The van der Waals surface area contributed by atoms with Gasteiger partial charge in [0.1, 0.15) is 5.82 Å². The van der Waals surface area contributed by atoms with E-state index in [0.717, 1.165) is 30.7 Å². The number of fused-ring (bicyclic) bond motifs is 1. The van der Waals surface area contributed by atoms with Crippen LogP contribution < -0.4 is 4.90 Å². The first-order valence-electron chi connectivity index (χ1n) is 6.57. The van der Waals surface area contributed by atoms with Gasteiger partial charge in [0.05, 0.1) is 17.2 Å². The molecule has 1 aliphatic heterocycles. The van der Waals surface area contributed by atoms with Crippen LogP contribution in [0.15, 0.2) is 18.3 Å². The summed E-state index contributed by atoms with van der Waals surface area (Å²) in [6.45, 7) is 4.05. The molecule has 6 heteroatoms. The summed E-state index contributed by atoms with van der Waals surface area (Å²) in [4.78, 5) is 22.5. The first-order valence-corrected chi connectivity index (χ1v) is 6.95. The second kappa shape index (κ2) is 5.25. The van der Waals surface area contributed by atoms with Crippen molar-refractivity contribution in [1.29, 1.82) is 0 Å². The molecule has 5 nitrogen and oxygen atoms in total. The van der Waals surface area contributed by atoms with Crippen LogP contribution in [0.4, 0.5) is 5.82 Å². The maximum absolute atomic E-state index is 11.7. The molecule has 0 atom stereocenters. The zero-order valence-corrected chi connectivity index (χ0v) is 11.9. The molecule has 0 N–H and O–H groups in total. The Morgan fingerprint density at radius 1 is 1.45 bits per heavy atom. The van der Waals surface area contributed by atoms with Gasteiger partial charge >= 0.3 is 5.97 Å². The van der Waals surface area contributed by atoms with Crippen molar-refractivity contribution in [2.75, 3.05) is 24.6 Å². The highest BCUT2D eigenvalue weighted by Gasteiger charge is 2.20. The molecule has 0 unspecified atom stereocenters. The van der Waals surface area contributed by atoms with E-state index in [1.165, 1.54) is 6.20 Å². The van der Waals surface area contributed by atoms with Crippen molar-refractivity contribution >= 4 is 34.4 Å². The average molecular weight is 292 g/mol. The largest absolute Gasteiger partial charge is 0.462 e. The molecule has 20 heavy (non-hydrogen) atoms. The van der Waals surface area contributed by atoms with Crippen molar-refractivity contribution in [3.8, 4) is 0 Å². The molecule has 0 radical (unpaired) electrons. The minimum absolute atomic E-state index is 0.337. The second-order valence-electron chi connectivity index (χ2n) is 4.63. The Labute approximate surface area is 121 Å². The van der Waals surface area contributed by atoms with Crippen LogP contribution in [0.3, 0.4) is 0 Å². The zero-order valence-electron chi connectivity index (χ0n) is 11.1. The van der Waals surface area contributed by atoms with Crippen LogP contribution in [-0.4, -0.2) is 35.6 Å². The van der Waals surface area contributed by atoms with Gasteiger partial charge < -0.3 is 9.64 Å². The predicted molar refractivity (Wildman–Crippen MR) is 77.3 cm³/mol. The zero-order chi connectivity index (χ0) is 14.1. The van der Waals surface area contributed by atoms with Crippen molar-refractivity contribution in [1.82, 2.24) is 9.97 Å². The molecule has 0 spiro atoms. The number of esters is 1. The molecule has 2 aromatic rings. The second-order valence-corrected chi connectivity index (χ2v) is 5.03. The van der Waals surface area contributed by atoms with Crippen LogP contribution in [-0.2, 0) is 4.74 Å². The highest BCUT2D eigenvalue weighted by molar-refractivity contribution is 6.33. The molecule has 3 rings (SSSR count). The van der Waals surface area contributed by atoms with E-state index in [2.05, 4.69) is 14.9 Å². The fraction of sp³-hybridized carbons (Fsp3) is 0.357. The lowest BCUT2D eigenvalue weighted by Gasteiger charge is -2.32.